The second-order valence-electron chi connectivity index (χ2n) is 6.10. The van der Waals surface area contributed by atoms with Gasteiger partial charge in [0.25, 0.3) is 0 Å². The standard InChI is InChI=1S/C15H22N2O2/c1-15(2)6-5-11(8-16)9-17(15)12-3-4-13-14(7-12)19-10-18-13/h3-4,7,11H,5-6,8-10,16H2,1-2H3. The van der Waals surface area contributed by atoms with Gasteiger partial charge in [0, 0.05) is 23.8 Å². The first-order valence-electron chi connectivity index (χ1n) is 6.97. The molecule has 0 spiro atoms. The molecule has 0 aromatic heterocycles. The van der Waals surface area contributed by atoms with Crippen LogP contribution in [-0.2, 0) is 0 Å². The molecule has 1 saturated heterocycles. The molecule has 0 radical (unpaired) electrons. The molecule has 19 heavy (non-hydrogen) atoms. The summed E-state index contributed by atoms with van der Waals surface area (Å²) in [5.74, 6) is 2.27. The van der Waals surface area contributed by atoms with Crippen LogP contribution in [0.2, 0.25) is 0 Å². The normalized spacial score (nSPS) is 24.6. The van der Waals surface area contributed by atoms with Gasteiger partial charge >= 0.3 is 0 Å². The van der Waals surface area contributed by atoms with Crippen molar-refractivity contribution in [2.75, 3.05) is 24.8 Å². The third-order valence-electron chi connectivity index (χ3n) is 4.34. The molecule has 0 bridgehead atoms. The van der Waals surface area contributed by atoms with Crippen LogP contribution in [0.5, 0.6) is 11.5 Å². The Bertz CT molecular complexity index is 473. The first kappa shape index (κ1) is 12.6. The van der Waals surface area contributed by atoms with E-state index >= 15 is 0 Å². The Morgan fingerprint density at radius 3 is 2.89 bits per heavy atom. The number of piperidine rings is 1. The van der Waals surface area contributed by atoms with Gasteiger partial charge in [-0.2, -0.15) is 0 Å². The van der Waals surface area contributed by atoms with E-state index in [-0.39, 0.29) is 5.54 Å². The summed E-state index contributed by atoms with van der Waals surface area (Å²) in [5.41, 5.74) is 7.22. The Morgan fingerprint density at radius 2 is 2.11 bits per heavy atom. The summed E-state index contributed by atoms with van der Waals surface area (Å²) in [5, 5.41) is 0. The van der Waals surface area contributed by atoms with E-state index in [1.54, 1.807) is 0 Å². The lowest BCUT2D eigenvalue weighted by Gasteiger charge is -2.47. The first-order chi connectivity index (χ1) is 9.10. The highest BCUT2D eigenvalue weighted by Crippen LogP contribution is 2.40. The molecule has 2 aliphatic heterocycles. The molecule has 1 aromatic rings. The molecule has 0 amide bonds. The Balaban J connectivity index is 1.90. The number of nitrogens with two attached hydrogens (primary N) is 1. The summed E-state index contributed by atoms with van der Waals surface area (Å²) in [6.45, 7) is 6.70. The minimum atomic E-state index is 0.166. The predicted octanol–water partition coefficient (Wildman–Crippen LogP) is 2.37. The van der Waals surface area contributed by atoms with E-state index in [1.807, 2.05) is 6.07 Å². The zero-order chi connectivity index (χ0) is 13.5. The fraction of sp³-hybridized carbons (Fsp3) is 0.600. The molecule has 4 heteroatoms. The number of hydrogen-bond acceptors (Lipinski definition) is 4. The molecule has 2 N–H and O–H groups in total. The summed E-state index contributed by atoms with van der Waals surface area (Å²) in [6.07, 6.45) is 2.38. The number of benzene rings is 1. The summed E-state index contributed by atoms with van der Waals surface area (Å²) < 4.78 is 10.9. The quantitative estimate of drug-likeness (QED) is 0.889. The maximum atomic E-state index is 5.85. The smallest absolute Gasteiger partial charge is 0.231 e. The second-order valence-corrected chi connectivity index (χ2v) is 6.10. The summed E-state index contributed by atoms with van der Waals surface area (Å²) in [4.78, 5) is 2.45. The predicted molar refractivity (Wildman–Crippen MR) is 75.8 cm³/mol. The minimum Gasteiger partial charge on any atom is -0.454 e. The molecule has 3 rings (SSSR count). The third-order valence-corrected chi connectivity index (χ3v) is 4.34. The van der Waals surface area contributed by atoms with Gasteiger partial charge in [-0.05, 0) is 51.3 Å². The van der Waals surface area contributed by atoms with Crippen molar-refractivity contribution in [1.29, 1.82) is 0 Å². The number of rotatable bonds is 2. The largest absolute Gasteiger partial charge is 0.454 e. The molecule has 1 unspecified atom stereocenters. The molecular weight excluding hydrogens is 240 g/mol. The Kier molecular flexibility index (Phi) is 3.05. The van der Waals surface area contributed by atoms with E-state index in [0.29, 0.717) is 12.7 Å². The lowest BCUT2D eigenvalue weighted by molar-refractivity contribution is 0.174. The van der Waals surface area contributed by atoms with Crippen molar-refractivity contribution in [2.45, 2.75) is 32.2 Å². The van der Waals surface area contributed by atoms with Crippen molar-refractivity contribution in [1.82, 2.24) is 0 Å². The summed E-state index contributed by atoms with van der Waals surface area (Å²) in [7, 11) is 0. The number of fused-ring (bicyclic) bond motifs is 1. The fourth-order valence-corrected chi connectivity index (χ4v) is 2.99. The minimum absolute atomic E-state index is 0.166. The molecule has 1 fully saturated rings. The Hall–Kier alpha value is -1.42. The molecule has 1 aromatic carbocycles. The molecule has 0 aliphatic carbocycles. The van der Waals surface area contributed by atoms with E-state index in [2.05, 4.69) is 30.9 Å². The van der Waals surface area contributed by atoms with Gasteiger partial charge in [-0.3, -0.25) is 0 Å². The molecule has 104 valence electrons. The van der Waals surface area contributed by atoms with Crippen molar-refractivity contribution in [3.05, 3.63) is 18.2 Å². The second kappa shape index (κ2) is 4.60. The third kappa shape index (κ3) is 2.25. The van der Waals surface area contributed by atoms with Crippen LogP contribution < -0.4 is 20.1 Å². The van der Waals surface area contributed by atoms with Crippen molar-refractivity contribution in [2.24, 2.45) is 11.7 Å². The number of nitrogens with zero attached hydrogens (tertiary/aromatic N) is 1. The maximum Gasteiger partial charge on any atom is 0.231 e. The number of anilines is 1. The van der Waals surface area contributed by atoms with Crippen molar-refractivity contribution < 1.29 is 9.47 Å². The molecular formula is C15H22N2O2. The number of ether oxygens (including phenoxy) is 2. The van der Waals surface area contributed by atoms with Gasteiger partial charge < -0.3 is 20.1 Å². The zero-order valence-corrected chi connectivity index (χ0v) is 11.7. The molecule has 2 aliphatic rings. The van der Waals surface area contributed by atoms with E-state index in [9.17, 15) is 0 Å². The molecule has 4 nitrogen and oxygen atoms in total. The van der Waals surface area contributed by atoms with Gasteiger partial charge in [-0.25, -0.2) is 0 Å². The van der Waals surface area contributed by atoms with Crippen molar-refractivity contribution >= 4 is 5.69 Å². The highest BCUT2D eigenvalue weighted by Gasteiger charge is 2.34. The molecule has 2 heterocycles. The van der Waals surface area contributed by atoms with Gasteiger partial charge in [0.05, 0.1) is 0 Å². The highest BCUT2D eigenvalue weighted by atomic mass is 16.7. The molecule has 0 saturated carbocycles. The lowest BCUT2D eigenvalue weighted by atomic mass is 9.84. The fourth-order valence-electron chi connectivity index (χ4n) is 2.99. The van der Waals surface area contributed by atoms with Crippen LogP contribution in [0.3, 0.4) is 0 Å². The van der Waals surface area contributed by atoms with E-state index in [0.717, 1.165) is 24.6 Å². The van der Waals surface area contributed by atoms with Crippen molar-refractivity contribution in [3.8, 4) is 11.5 Å². The van der Waals surface area contributed by atoms with Crippen molar-refractivity contribution in [3.63, 3.8) is 0 Å². The van der Waals surface area contributed by atoms with Crippen LogP contribution >= 0.6 is 0 Å². The van der Waals surface area contributed by atoms with Crippen LogP contribution in [0.15, 0.2) is 18.2 Å². The van der Waals surface area contributed by atoms with Crippen LogP contribution in [-0.4, -0.2) is 25.4 Å². The summed E-state index contributed by atoms with van der Waals surface area (Å²) in [6, 6.07) is 6.21. The van der Waals surface area contributed by atoms with Gasteiger partial charge in [0.1, 0.15) is 0 Å². The zero-order valence-electron chi connectivity index (χ0n) is 11.7. The molecule has 1 atom stereocenters. The first-order valence-corrected chi connectivity index (χ1v) is 6.97. The van der Waals surface area contributed by atoms with Crippen LogP contribution in [0.1, 0.15) is 26.7 Å². The van der Waals surface area contributed by atoms with E-state index in [1.165, 1.54) is 18.5 Å². The van der Waals surface area contributed by atoms with Crippen LogP contribution in [0.4, 0.5) is 5.69 Å². The van der Waals surface area contributed by atoms with Crippen LogP contribution in [0, 0.1) is 5.92 Å². The van der Waals surface area contributed by atoms with E-state index < -0.39 is 0 Å². The van der Waals surface area contributed by atoms with Crippen LogP contribution in [0.25, 0.3) is 0 Å². The Labute approximate surface area is 114 Å². The van der Waals surface area contributed by atoms with Gasteiger partial charge in [-0.1, -0.05) is 0 Å². The van der Waals surface area contributed by atoms with Gasteiger partial charge in [0.2, 0.25) is 6.79 Å². The van der Waals surface area contributed by atoms with Gasteiger partial charge in [-0.15, -0.1) is 0 Å². The average Bonchev–Trinajstić information content (AvgIpc) is 2.85. The maximum absolute atomic E-state index is 5.85. The highest BCUT2D eigenvalue weighted by molar-refractivity contribution is 5.58. The average molecular weight is 262 g/mol. The Morgan fingerprint density at radius 1 is 1.32 bits per heavy atom. The monoisotopic (exact) mass is 262 g/mol. The number of hydrogen-bond donors (Lipinski definition) is 1. The summed E-state index contributed by atoms with van der Waals surface area (Å²) >= 11 is 0. The lowest BCUT2D eigenvalue weighted by Crippen LogP contribution is -2.51. The topological polar surface area (TPSA) is 47.7 Å². The SMILES string of the molecule is CC1(C)CCC(CN)CN1c1ccc2c(c1)OCO2. The van der Waals surface area contributed by atoms with E-state index in [4.69, 9.17) is 15.2 Å². The van der Waals surface area contributed by atoms with Gasteiger partial charge in [0.15, 0.2) is 11.5 Å².